The van der Waals surface area contributed by atoms with Crippen LogP contribution in [0.15, 0.2) is 78.2 Å². The predicted octanol–water partition coefficient (Wildman–Crippen LogP) is 4.82. The first-order valence-corrected chi connectivity index (χ1v) is 10.8. The van der Waals surface area contributed by atoms with Crippen LogP contribution in [0.2, 0.25) is 0 Å². The first kappa shape index (κ1) is 24.5. The lowest BCUT2D eigenvalue weighted by Crippen LogP contribution is -2.35. The monoisotopic (exact) mass is 492 g/mol. The van der Waals surface area contributed by atoms with Crippen molar-refractivity contribution in [1.82, 2.24) is 4.57 Å². The summed E-state index contributed by atoms with van der Waals surface area (Å²) in [5.74, 6) is -1.72. The van der Waals surface area contributed by atoms with Gasteiger partial charge in [0.2, 0.25) is 5.43 Å². The highest BCUT2D eigenvalue weighted by atomic mass is 19.1. The number of phenols is 1. The molecule has 0 saturated carbocycles. The summed E-state index contributed by atoms with van der Waals surface area (Å²) >= 11 is 0. The summed E-state index contributed by atoms with van der Waals surface area (Å²) in [4.78, 5) is 28.1. The van der Waals surface area contributed by atoms with Gasteiger partial charge in [0, 0.05) is 48.5 Å². The number of anilines is 1. The minimum absolute atomic E-state index is 0.0720. The van der Waals surface area contributed by atoms with Crippen LogP contribution in [0.5, 0.6) is 17.2 Å². The minimum atomic E-state index is -0.873. The molecule has 4 rings (SSSR count). The summed E-state index contributed by atoms with van der Waals surface area (Å²) in [5.41, 5.74) is -0.160. The normalized spacial score (nSPS) is 10.8. The number of carbonyl (C=O) groups is 1. The number of pyridine rings is 1. The van der Waals surface area contributed by atoms with Crippen molar-refractivity contribution < 1.29 is 28.2 Å². The largest absolute Gasteiger partial charge is 0.508 e. The molecule has 0 aliphatic carbocycles. The maximum Gasteiger partial charge on any atom is 0.264 e. The fraction of sp³-hybridized carbons (Fsp3) is 0.111. The zero-order valence-electron chi connectivity index (χ0n) is 19.5. The molecule has 0 radical (unpaired) electrons. The third-order valence-corrected chi connectivity index (χ3v) is 5.55. The zero-order chi connectivity index (χ0) is 26.0. The van der Waals surface area contributed by atoms with Crippen molar-refractivity contribution in [3.05, 3.63) is 101 Å². The van der Waals surface area contributed by atoms with Crippen LogP contribution >= 0.6 is 0 Å². The summed E-state index contributed by atoms with van der Waals surface area (Å²) in [6, 6.07) is 11.8. The van der Waals surface area contributed by atoms with E-state index in [4.69, 9.17) is 9.47 Å². The van der Waals surface area contributed by atoms with E-state index >= 15 is 0 Å². The number of nitrogens with zero attached hydrogens (tertiary/aromatic N) is 2. The van der Waals surface area contributed by atoms with E-state index in [0.29, 0.717) is 28.8 Å². The predicted molar refractivity (Wildman–Crippen MR) is 133 cm³/mol. The van der Waals surface area contributed by atoms with Gasteiger partial charge in [-0.15, -0.1) is 6.58 Å². The molecule has 0 spiro atoms. The molecule has 0 atom stereocenters. The molecule has 1 aromatic heterocycles. The number of hydrogen-bond donors (Lipinski definition) is 1. The number of ether oxygens (including phenoxy) is 2. The smallest absolute Gasteiger partial charge is 0.264 e. The van der Waals surface area contributed by atoms with E-state index in [-0.39, 0.29) is 28.9 Å². The molecule has 3 aromatic carbocycles. The van der Waals surface area contributed by atoms with E-state index in [1.807, 2.05) is 0 Å². The van der Waals surface area contributed by atoms with Gasteiger partial charge in [-0.05, 0) is 24.3 Å². The highest BCUT2D eigenvalue weighted by Crippen LogP contribution is 2.29. The standard InChI is InChI=1S/C27H22F2N2O5/c1-4-7-30(18-9-16(28)8-17(29)10-18)27(34)24-15-31(19-11-21(35-2)14-22(12-19)36-3)25-13-20(32)5-6-23(25)26(24)33/h4-6,8-15,32H,1,7H2,2-3H3. The third kappa shape index (κ3) is 4.63. The van der Waals surface area contributed by atoms with Gasteiger partial charge in [0.25, 0.3) is 5.91 Å². The lowest BCUT2D eigenvalue weighted by molar-refractivity contribution is 0.0988. The highest BCUT2D eigenvalue weighted by Gasteiger charge is 2.24. The maximum atomic E-state index is 13.9. The number of halogens is 2. The number of methoxy groups -OCH3 is 2. The van der Waals surface area contributed by atoms with Gasteiger partial charge in [-0.25, -0.2) is 8.78 Å². The van der Waals surface area contributed by atoms with Gasteiger partial charge in [-0.3, -0.25) is 9.59 Å². The van der Waals surface area contributed by atoms with Crippen molar-refractivity contribution in [2.45, 2.75) is 0 Å². The van der Waals surface area contributed by atoms with Gasteiger partial charge >= 0.3 is 0 Å². The fourth-order valence-corrected chi connectivity index (χ4v) is 3.89. The number of phenolic OH excluding ortho intramolecular Hbond substituents is 1. The number of benzene rings is 3. The van der Waals surface area contributed by atoms with Crippen molar-refractivity contribution in [3.8, 4) is 22.9 Å². The van der Waals surface area contributed by atoms with Gasteiger partial charge in [0.15, 0.2) is 0 Å². The van der Waals surface area contributed by atoms with Crippen LogP contribution in [0.4, 0.5) is 14.5 Å². The number of aromatic nitrogens is 1. The van der Waals surface area contributed by atoms with E-state index in [9.17, 15) is 23.5 Å². The molecular weight excluding hydrogens is 470 g/mol. The molecule has 7 nitrogen and oxygen atoms in total. The first-order valence-electron chi connectivity index (χ1n) is 10.8. The van der Waals surface area contributed by atoms with Gasteiger partial charge < -0.3 is 24.0 Å². The number of fused-ring (bicyclic) bond motifs is 1. The quantitative estimate of drug-likeness (QED) is 0.374. The van der Waals surface area contributed by atoms with Crippen LogP contribution in [-0.4, -0.2) is 36.3 Å². The highest BCUT2D eigenvalue weighted by molar-refractivity contribution is 6.07. The van der Waals surface area contributed by atoms with E-state index in [1.165, 1.54) is 49.3 Å². The summed E-state index contributed by atoms with van der Waals surface area (Å²) in [6.45, 7) is 3.50. The molecule has 36 heavy (non-hydrogen) atoms. The van der Waals surface area contributed by atoms with Gasteiger partial charge in [-0.1, -0.05) is 6.08 Å². The molecule has 4 aromatic rings. The minimum Gasteiger partial charge on any atom is -0.508 e. The number of aromatic hydroxyl groups is 1. The summed E-state index contributed by atoms with van der Waals surface area (Å²) in [6.07, 6.45) is 2.69. The van der Waals surface area contributed by atoms with Crippen molar-refractivity contribution >= 4 is 22.5 Å². The second kappa shape index (κ2) is 9.91. The SMILES string of the molecule is C=CCN(C(=O)c1cn(-c2cc(OC)cc(OC)c2)c2cc(O)ccc2c1=O)c1cc(F)cc(F)c1. The van der Waals surface area contributed by atoms with Crippen LogP contribution in [0.25, 0.3) is 16.6 Å². The summed E-state index contributed by atoms with van der Waals surface area (Å²) < 4.78 is 40.1. The van der Waals surface area contributed by atoms with Crippen molar-refractivity contribution in [2.24, 2.45) is 0 Å². The van der Waals surface area contributed by atoms with Crippen LogP contribution in [0.1, 0.15) is 10.4 Å². The van der Waals surface area contributed by atoms with Crippen LogP contribution in [-0.2, 0) is 0 Å². The second-order valence-electron chi connectivity index (χ2n) is 7.85. The molecule has 0 bridgehead atoms. The Morgan fingerprint density at radius 2 is 1.67 bits per heavy atom. The molecule has 0 unspecified atom stereocenters. The zero-order valence-corrected chi connectivity index (χ0v) is 19.5. The van der Waals surface area contributed by atoms with E-state index in [1.54, 1.807) is 18.2 Å². The molecule has 1 N–H and O–H groups in total. The van der Waals surface area contributed by atoms with Gasteiger partial charge in [-0.2, -0.15) is 0 Å². The molecule has 9 heteroatoms. The average Bonchev–Trinajstić information content (AvgIpc) is 2.86. The Morgan fingerprint density at radius 1 is 1.03 bits per heavy atom. The second-order valence-corrected chi connectivity index (χ2v) is 7.85. The Morgan fingerprint density at radius 3 is 2.25 bits per heavy atom. The Hall–Kier alpha value is -4.66. The van der Waals surface area contributed by atoms with Crippen molar-refractivity contribution in [2.75, 3.05) is 25.7 Å². The molecule has 1 heterocycles. The molecule has 0 aliphatic rings. The summed E-state index contributed by atoms with van der Waals surface area (Å²) in [5, 5.41) is 10.3. The van der Waals surface area contributed by atoms with Gasteiger partial charge in [0.05, 0.1) is 31.1 Å². The lowest BCUT2D eigenvalue weighted by Gasteiger charge is -2.22. The van der Waals surface area contributed by atoms with Gasteiger partial charge in [0.1, 0.15) is 34.4 Å². The average molecular weight is 492 g/mol. The van der Waals surface area contributed by atoms with Crippen molar-refractivity contribution in [1.29, 1.82) is 0 Å². The maximum absolute atomic E-state index is 13.9. The molecule has 0 aliphatic heterocycles. The third-order valence-electron chi connectivity index (χ3n) is 5.55. The molecule has 184 valence electrons. The number of rotatable bonds is 7. The number of amides is 1. The van der Waals surface area contributed by atoms with E-state index in [0.717, 1.165) is 17.0 Å². The Labute approximate surface area is 205 Å². The Kier molecular flexibility index (Phi) is 6.73. The van der Waals surface area contributed by atoms with Crippen molar-refractivity contribution in [3.63, 3.8) is 0 Å². The number of hydrogen-bond acceptors (Lipinski definition) is 5. The topological polar surface area (TPSA) is 81.0 Å². The Balaban J connectivity index is 1.99. The fourth-order valence-electron chi connectivity index (χ4n) is 3.89. The van der Waals surface area contributed by atoms with Crippen LogP contribution < -0.4 is 19.8 Å². The lowest BCUT2D eigenvalue weighted by atomic mass is 10.1. The van der Waals surface area contributed by atoms with E-state index in [2.05, 4.69) is 6.58 Å². The van der Waals surface area contributed by atoms with Crippen LogP contribution in [0.3, 0.4) is 0 Å². The Bertz CT molecular complexity index is 1510. The van der Waals surface area contributed by atoms with E-state index < -0.39 is 23.0 Å². The number of carbonyl (C=O) groups excluding carboxylic acids is 1. The molecule has 0 saturated heterocycles. The molecule has 1 amide bonds. The molecule has 0 fully saturated rings. The molecular formula is C27H22F2N2O5. The van der Waals surface area contributed by atoms with Crippen LogP contribution in [0, 0.1) is 11.6 Å². The summed E-state index contributed by atoms with van der Waals surface area (Å²) in [7, 11) is 2.96. The first-order chi connectivity index (χ1) is 17.2.